The molecule has 0 unspecified atom stereocenters. The van der Waals surface area contributed by atoms with E-state index in [1.807, 2.05) is 13.8 Å². The molecule has 1 aromatic carbocycles. The van der Waals surface area contributed by atoms with Gasteiger partial charge in [-0.3, -0.25) is 19.6 Å². The lowest BCUT2D eigenvalue weighted by atomic mass is 9.90. The van der Waals surface area contributed by atoms with Crippen molar-refractivity contribution >= 4 is 11.6 Å². The van der Waals surface area contributed by atoms with Gasteiger partial charge in [0, 0.05) is 79.2 Å². The molecule has 2 fully saturated rings. The fourth-order valence-corrected chi connectivity index (χ4v) is 6.33. The van der Waals surface area contributed by atoms with Crippen LogP contribution in [0.25, 0.3) is 0 Å². The number of benzene rings is 1. The molecule has 5 rings (SSSR count). The first-order valence-electron chi connectivity index (χ1n) is 14.2. The van der Waals surface area contributed by atoms with Gasteiger partial charge in [-0.15, -0.1) is 0 Å². The highest BCUT2D eigenvalue weighted by Gasteiger charge is 2.41. The molecule has 2 saturated heterocycles. The zero-order valence-electron chi connectivity index (χ0n) is 24.0. The second-order valence-electron chi connectivity index (χ2n) is 12.4. The normalized spacial score (nSPS) is 27.9. The Morgan fingerprint density at radius 3 is 2.62 bits per heavy atom. The Morgan fingerprint density at radius 1 is 1.20 bits per heavy atom. The van der Waals surface area contributed by atoms with Crippen LogP contribution in [0.15, 0.2) is 30.5 Å². The van der Waals surface area contributed by atoms with Crippen molar-refractivity contribution in [2.75, 3.05) is 50.8 Å². The summed E-state index contributed by atoms with van der Waals surface area (Å²) < 4.78 is 33.6. The summed E-state index contributed by atoms with van der Waals surface area (Å²) in [6.07, 6.45) is 0.177. The molecule has 1 amide bonds. The van der Waals surface area contributed by atoms with Crippen LogP contribution in [0.2, 0.25) is 0 Å². The van der Waals surface area contributed by atoms with Crippen LogP contribution >= 0.6 is 0 Å². The van der Waals surface area contributed by atoms with Gasteiger partial charge in [0.25, 0.3) is 0 Å². The first-order valence-corrected chi connectivity index (χ1v) is 14.2. The fourth-order valence-electron chi connectivity index (χ4n) is 6.33. The van der Waals surface area contributed by atoms with Crippen molar-refractivity contribution in [1.82, 2.24) is 20.1 Å². The number of hydrogen-bond acceptors (Lipinski definition) is 7. The maximum atomic E-state index is 14.4. The highest BCUT2D eigenvalue weighted by molar-refractivity contribution is 5.97. The molecule has 0 saturated carbocycles. The van der Waals surface area contributed by atoms with E-state index in [1.165, 1.54) is 12.3 Å². The number of carbonyl (C=O) groups excluding carboxylic acids is 1. The molecule has 4 heterocycles. The average molecular weight is 558 g/mol. The van der Waals surface area contributed by atoms with E-state index in [0.717, 1.165) is 37.5 Å². The number of amides is 1. The summed E-state index contributed by atoms with van der Waals surface area (Å²) in [5.74, 6) is -1.57. The summed E-state index contributed by atoms with van der Waals surface area (Å²) in [7, 11) is 0. The first kappa shape index (κ1) is 29.0. The van der Waals surface area contributed by atoms with Gasteiger partial charge in [-0.2, -0.15) is 0 Å². The molecule has 0 spiro atoms. The molecule has 1 aromatic heterocycles. The number of aliphatic hydroxyl groups excluding tert-OH is 1. The van der Waals surface area contributed by atoms with E-state index in [1.54, 1.807) is 11.0 Å². The minimum atomic E-state index is -1.34. The molecule has 3 aliphatic heterocycles. The topological polar surface area (TPSA) is 81.2 Å². The van der Waals surface area contributed by atoms with Crippen molar-refractivity contribution in [2.24, 2.45) is 0 Å². The number of nitrogens with zero attached hydrogens (tertiary/aromatic N) is 4. The summed E-state index contributed by atoms with van der Waals surface area (Å²) in [4.78, 5) is 25.0. The van der Waals surface area contributed by atoms with Gasteiger partial charge in [0.2, 0.25) is 5.91 Å². The summed E-state index contributed by atoms with van der Waals surface area (Å²) in [5.41, 5.74) is 1.32. The second kappa shape index (κ2) is 11.4. The Bertz CT molecular complexity index is 1230. The van der Waals surface area contributed by atoms with Crippen molar-refractivity contribution in [3.63, 3.8) is 0 Å². The molecule has 0 aliphatic carbocycles. The molecule has 0 bridgehead atoms. The number of piperazine rings is 1. The molecule has 0 radical (unpaired) electrons. The maximum Gasteiger partial charge on any atom is 0.241 e. The molecule has 2 N–H and O–H groups in total. The standard InChI is InChI=1S/C30H41F2N5O3/c1-18-12-35(23(11-33-18)13-36-19(2)15-40-16-20(36)3)14-27(38)37-17-30(4,5)29-26(37)8-21(10-34-29)28(39)24-7-6-22(31)9-25(24)32/h6-10,18-20,23,28,33,39H,11-17H2,1-5H3/t18-,19-,20-,23-,28-/m1/s1. The molecule has 10 heteroatoms. The van der Waals surface area contributed by atoms with E-state index in [-0.39, 0.29) is 35.5 Å². The van der Waals surface area contributed by atoms with E-state index in [0.29, 0.717) is 43.1 Å². The number of halogens is 2. The van der Waals surface area contributed by atoms with Crippen molar-refractivity contribution in [2.45, 2.75) is 70.3 Å². The fraction of sp³-hybridized carbons (Fsp3) is 0.600. The highest BCUT2D eigenvalue weighted by Crippen LogP contribution is 2.41. The number of carbonyl (C=O) groups is 1. The van der Waals surface area contributed by atoms with Gasteiger partial charge in [0.05, 0.1) is 31.1 Å². The van der Waals surface area contributed by atoms with Gasteiger partial charge >= 0.3 is 0 Å². The predicted octanol–water partition coefficient (Wildman–Crippen LogP) is 2.84. The minimum absolute atomic E-state index is 0.0320. The third-order valence-electron chi connectivity index (χ3n) is 8.58. The smallest absolute Gasteiger partial charge is 0.241 e. The second-order valence-corrected chi connectivity index (χ2v) is 12.4. The molecule has 218 valence electrons. The quantitative estimate of drug-likeness (QED) is 0.566. The lowest BCUT2D eigenvalue weighted by Crippen LogP contribution is -2.63. The van der Waals surface area contributed by atoms with Crippen molar-refractivity contribution < 1.29 is 23.4 Å². The van der Waals surface area contributed by atoms with Crippen LogP contribution in [-0.2, 0) is 14.9 Å². The Balaban J connectivity index is 1.37. The minimum Gasteiger partial charge on any atom is -0.383 e. The maximum absolute atomic E-state index is 14.4. The van der Waals surface area contributed by atoms with Crippen LogP contribution in [0.3, 0.4) is 0 Å². The Hall–Kier alpha value is -2.50. The van der Waals surface area contributed by atoms with E-state index >= 15 is 0 Å². The van der Waals surface area contributed by atoms with Gasteiger partial charge in [-0.25, -0.2) is 8.78 Å². The molecular weight excluding hydrogens is 516 g/mol. The number of aliphatic hydroxyl groups is 1. The van der Waals surface area contributed by atoms with Crippen molar-refractivity contribution in [1.29, 1.82) is 0 Å². The van der Waals surface area contributed by atoms with E-state index < -0.39 is 17.7 Å². The Morgan fingerprint density at radius 2 is 1.93 bits per heavy atom. The van der Waals surface area contributed by atoms with Gasteiger partial charge in [-0.05, 0) is 32.9 Å². The van der Waals surface area contributed by atoms with Gasteiger partial charge in [0.15, 0.2) is 0 Å². The molecule has 3 aliphatic rings. The van der Waals surface area contributed by atoms with Crippen LogP contribution < -0.4 is 10.2 Å². The summed E-state index contributed by atoms with van der Waals surface area (Å²) in [6.45, 7) is 15.1. The van der Waals surface area contributed by atoms with Gasteiger partial charge < -0.3 is 20.1 Å². The number of rotatable bonds is 6. The largest absolute Gasteiger partial charge is 0.383 e. The molecule has 2 aromatic rings. The summed E-state index contributed by atoms with van der Waals surface area (Å²) >= 11 is 0. The number of ether oxygens (including phenoxy) is 1. The van der Waals surface area contributed by atoms with Crippen molar-refractivity contribution in [3.8, 4) is 0 Å². The van der Waals surface area contributed by atoms with Gasteiger partial charge in [-0.1, -0.05) is 19.9 Å². The van der Waals surface area contributed by atoms with Crippen LogP contribution in [0, 0.1) is 11.6 Å². The van der Waals surface area contributed by atoms with Crippen LogP contribution in [0.4, 0.5) is 14.5 Å². The lowest BCUT2D eigenvalue weighted by molar-refractivity contribution is -0.121. The molecule has 5 atom stereocenters. The SMILES string of the molecule is C[C@@H]1CN(CC(=O)N2CC(C)(C)c3ncc([C@@H](O)c4ccc(F)cc4F)cc32)[C@@H](CN2[C@H](C)COC[C@H]2C)CN1. The number of fused-ring (bicyclic) bond motifs is 1. The third kappa shape index (κ3) is 5.78. The number of pyridine rings is 1. The first-order chi connectivity index (χ1) is 18.9. The number of aromatic nitrogens is 1. The van der Waals surface area contributed by atoms with Gasteiger partial charge in [0.1, 0.15) is 17.7 Å². The van der Waals surface area contributed by atoms with Crippen molar-refractivity contribution in [3.05, 3.63) is 58.9 Å². The van der Waals surface area contributed by atoms with E-state index in [4.69, 9.17) is 4.74 Å². The van der Waals surface area contributed by atoms with E-state index in [9.17, 15) is 18.7 Å². The Labute approximate surface area is 235 Å². The molecular formula is C30H41F2N5O3. The predicted molar refractivity (Wildman–Crippen MR) is 149 cm³/mol. The number of morpholine rings is 1. The van der Waals surface area contributed by atoms with Crippen LogP contribution in [-0.4, -0.2) is 95.9 Å². The third-order valence-corrected chi connectivity index (χ3v) is 8.58. The molecule has 8 nitrogen and oxygen atoms in total. The zero-order chi connectivity index (χ0) is 28.8. The molecule has 40 heavy (non-hydrogen) atoms. The highest BCUT2D eigenvalue weighted by atomic mass is 19.1. The lowest BCUT2D eigenvalue weighted by Gasteiger charge is -2.46. The number of nitrogens with one attached hydrogen (secondary N) is 1. The van der Waals surface area contributed by atoms with E-state index in [2.05, 4.69) is 40.9 Å². The monoisotopic (exact) mass is 557 g/mol. The summed E-state index contributed by atoms with van der Waals surface area (Å²) in [5, 5.41) is 14.5. The van der Waals surface area contributed by atoms with Crippen LogP contribution in [0.5, 0.6) is 0 Å². The summed E-state index contributed by atoms with van der Waals surface area (Å²) in [6, 6.07) is 5.88. The number of anilines is 1. The zero-order valence-corrected chi connectivity index (χ0v) is 24.0. The average Bonchev–Trinajstić information content (AvgIpc) is 3.17. The van der Waals surface area contributed by atoms with Crippen LogP contribution in [0.1, 0.15) is 57.5 Å². The number of hydrogen-bond donors (Lipinski definition) is 2. The Kier molecular flexibility index (Phi) is 8.27.